The van der Waals surface area contributed by atoms with Crippen molar-refractivity contribution >= 4 is 21.9 Å². The van der Waals surface area contributed by atoms with Gasteiger partial charge in [0.1, 0.15) is 12.2 Å². The van der Waals surface area contributed by atoms with Crippen LogP contribution in [-0.2, 0) is 19.9 Å². The van der Waals surface area contributed by atoms with Gasteiger partial charge >= 0.3 is 5.97 Å². The van der Waals surface area contributed by atoms with Crippen LogP contribution in [0.5, 0.6) is 0 Å². The molecule has 0 aromatic heterocycles. The van der Waals surface area contributed by atoms with Gasteiger partial charge in [0.15, 0.2) is 0 Å². The molecule has 1 heterocycles. The molecule has 1 aliphatic heterocycles. The topological polar surface area (TPSA) is 47.6 Å². The number of esters is 1. The molecule has 0 radical (unpaired) electrons. The van der Waals surface area contributed by atoms with Crippen LogP contribution < -0.4 is 5.32 Å². The smallest absolute Gasteiger partial charge is 0.332 e. The summed E-state index contributed by atoms with van der Waals surface area (Å²) in [5.74, 6) is -0.291. The third kappa shape index (κ3) is 4.68. The van der Waals surface area contributed by atoms with Crippen molar-refractivity contribution in [2.24, 2.45) is 5.41 Å². The average Bonchev–Trinajstić information content (AvgIpc) is 2.92. The Morgan fingerprint density at radius 3 is 2.38 bits per heavy atom. The number of hydrogen-bond donors (Lipinski definition) is 1. The highest BCUT2D eigenvalue weighted by Crippen LogP contribution is 2.55. The minimum absolute atomic E-state index is 0.00165. The standard InChI is InChI=1S/C21H30BrNO3/c1-19(2,3)26-18(24)14-25-21(16-4-6-17(22)7-5-16)9-8-20(15-21)10-12-23-13-11-20/h4-7,23H,8-15H2,1-3H3. The van der Waals surface area contributed by atoms with Gasteiger partial charge in [-0.2, -0.15) is 0 Å². The average molecular weight is 424 g/mol. The lowest BCUT2D eigenvalue weighted by molar-refractivity contribution is -0.168. The first kappa shape index (κ1) is 19.8. The van der Waals surface area contributed by atoms with Crippen molar-refractivity contribution in [3.05, 3.63) is 34.3 Å². The fourth-order valence-electron chi connectivity index (χ4n) is 4.41. The van der Waals surface area contributed by atoms with Gasteiger partial charge in [0.25, 0.3) is 0 Å². The third-order valence-electron chi connectivity index (χ3n) is 5.64. The molecule has 26 heavy (non-hydrogen) atoms. The van der Waals surface area contributed by atoms with Crippen LogP contribution >= 0.6 is 15.9 Å². The minimum Gasteiger partial charge on any atom is -0.458 e. The zero-order chi connectivity index (χ0) is 18.8. The first-order chi connectivity index (χ1) is 12.2. The van der Waals surface area contributed by atoms with Crippen LogP contribution in [0.4, 0.5) is 0 Å². The fourth-order valence-corrected chi connectivity index (χ4v) is 4.67. The van der Waals surface area contributed by atoms with Crippen molar-refractivity contribution in [1.29, 1.82) is 0 Å². The van der Waals surface area contributed by atoms with Gasteiger partial charge in [-0.05, 0) is 89.1 Å². The summed E-state index contributed by atoms with van der Waals surface area (Å²) in [7, 11) is 0. The second-order valence-electron chi connectivity index (χ2n) is 8.80. The second kappa shape index (κ2) is 7.61. The van der Waals surface area contributed by atoms with E-state index in [4.69, 9.17) is 9.47 Å². The second-order valence-corrected chi connectivity index (χ2v) is 9.72. The van der Waals surface area contributed by atoms with Crippen molar-refractivity contribution in [3.63, 3.8) is 0 Å². The van der Waals surface area contributed by atoms with Gasteiger partial charge in [0, 0.05) is 4.47 Å². The molecule has 1 aliphatic carbocycles. The molecule has 2 fully saturated rings. The Morgan fingerprint density at radius 2 is 1.77 bits per heavy atom. The van der Waals surface area contributed by atoms with Crippen LogP contribution in [-0.4, -0.2) is 31.3 Å². The van der Waals surface area contributed by atoms with Crippen LogP contribution in [0.3, 0.4) is 0 Å². The molecule has 4 nitrogen and oxygen atoms in total. The molecule has 144 valence electrons. The number of halogens is 1. The lowest BCUT2D eigenvalue weighted by Gasteiger charge is -2.37. The zero-order valence-corrected chi connectivity index (χ0v) is 17.7. The van der Waals surface area contributed by atoms with Crippen LogP contribution in [0, 0.1) is 5.41 Å². The summed E-state index contributed by atoms with van der Waals surface area (Å²) in [5, 5.41) is 3.47. The number of ether oxygens (including phenoxy) is 2. The van der Waals surface area contributed by atoms with Crippen LogP contribution in [0.25, 0.3) is 0 Å². The van der Waals surface area contributed by atoms with E-state index in [1.165, 1.54) is 18.4 Å². The Hall–Kier alpha value is -0.910. The van der Waals surface area contributed by atoms with E-state index < -0.39 is 11.2 Å². The normalized spacial score (nSPS) is 25.4. The van der Waals surface area contributed by atoms with Crippen molar-refractivity contribution in [3.8, 4) is 0 Å². The van der Waals surface area contributed by atoms with E-state index in [-0.39, 0.29) is 12.6 Å². The van der Waals surface area contributed by atoms with Crippen LogP contribution in [0.2, 0.25) is 0 Å². The summed E-state index contributed by atoms with van der Waals surface area (Å²) in [4.78, 5) is 12.2. The van der Waals surface area contributed by atoms with E-state index in [2.05, 4.69) is 45.5 Å². The molecule has 3 rings (SSSR count). The van der Waals surface area contributed by atoms with Gasteiger partial charge in [0.05, 0.1) is 5.60 Å². The monoisotopic (exact) mass is 423 g/mol. The van der Waals surface area contributed by atoms with Gasteiger partial charge in [0.2, 0.25) is 0 Å². The van der Waals surface area contributed by atoms with Gasteiger partial charge < -0.3 is 14.8 Å². The van der Waals surface area contributed by atoms with Gasteiger partial charge in [-0.15, -0.1) is 0 Å². The molecular formula is C21H30BrNO3. The van der Waals surface area contributed by atoms with E-state index >= 15 is 0 Å². The first-order valence-electron chi connectivity index (χ1n) is 9.55. The Bertz CT molecular complexity index is 632. The maximum atomic E-state index is 12.2. The van der Waals surface area contributed by atoms with Crippen molar-refractivity contribution in [2.45, 2.75) is 64.1 Å². The van der Waals surface area contributed by atoms with E-state index in [9.17, 15) is 4.79 Å². The Balaban J connectivity index is 1.79. The highest BCUT2D eigenvalue weighted by atomic mass is 79.9. The molecule has 1 aromatic rings. The quantitative estimate of drug-likeness (QED) is 0.721. The molecule has 1 spiro atoms. The fraction of sp³-hybridized carbons (Fsp3) is 0.667. The Labute approximate surface area is 165 Å². The molecule has 1 atom stereocenters. The molecule has 5 heteroatoms. The highest BCUT2D eigenvalue weighted by Gasteiger charge is 2.50. The minimum atomic E-state index is -0.489. The SMILES string of the molecule is CC(C)(C)OC(=O)COC1(c2ccc(Br)cc2)CCC2(CCNCC2)C1. The summed E-state index contributed by atoms with van der Waals surface area (Å²) < 4.78 is 12.8. The molecule has 0 bridgehead atoms. The maximum Gasteiger partial charge on any atom is 0.332 e. The molecule has 1 saturated carbocycles. The molecule has 1 unspecified atom stereocenters. The predicted octanol–water partition coefficient (Wildman–Crippen LogP) is 4.56. The third-order valence-corrected chi connectivity index (χ3v) is 6.17. The molecule has 1 aromatic carbocycles. The Kier molecular flexibility index (Phi) is 5.80. The van der Waals surface area contributed by atoms with Crippen LogP contribution in [0.15, 0.2) is 28.7 Å². The van der Waals surface area contributed by atoms with E-state index in [0.29, 0.717) is 5.41 Å². The largest absolute Gasteiger partial charge is 0.458 e. The zero-order valence-electron chi connectivity index (χ0n) is 16.1. The number of rotatable bonds is 4. The number of benzene rings is 1. The lowest BCUT2D eigenvalue weighted by atomic mass is 9.75. The van der Waals surface area contributed by atoms with Crippen molar-refractivity contribution in [2.75, 3.05) is 19.7 Å². The summed E-state index contributed by atoms with van der Waals surface area (Å²) in [6.07, 6.45) is 5.45. The van der Waals surface area contributed by atoms with Crippen LogP contribution in [0.1, 0.15) is 58.4 Å². The maximum absolute atomic E-state index is 12.2. The molecule has 1 N–H and O–H groups in total. The number of carbonyl (C=O) groups is 1. The molecular weight excluding hydrogens is 394 g/mol. The summed E-state index contributed by atoms with van der Waals surface area (Å²) in [5.41, 5.74) is 0.609. The Morgan fingerprint density at radius 1 is 1.12 bits per heavy atom. The molecule has 1 saturated heterocycles. The summed E-state index contributed by atoms with van der Waals surface area (Å²) >= 11 is 3.51. The van der Waals surface area contributed by atoms with Crippen molar-refractivity contribution < 1.29 is 14.3 Å². The summed E-state index contributed by atoms with van der Waals surface area (Å²) in [6, 6.07) is 8.36. The highest BCUT2D eigenvalue weighted by molar-refractivity contribution is 9.10. The van der Waals surface area contributed by atoms with E-state index in [1.807, 2.05) is 20.8 Å². The number of piperidine rings is 1. The first-order valence-corrected chi connectivity index (χ1v) is 10.3. The van der Waals surface area contributed by atoms with Gasteiger partial charge in [-0.25, -0.2) is 4.79 Å². The predicted molar refractivity (Wildman–Crippen MR) is 106 cm³/mol. The lowest BCUT2D eigenvalue weighted by Crippen LogP contribution is -2.38. The van der Waals surface area contributed by atoms with E-state index in [1.54, 1.807) is 0 Å². The number of nitrogens with one attached hydrogen (secondary N) is 1. The molecule has 2 aliphatic rings. The van der Waals surface area contributed by atoms with Crippen molar-refractivity contribution in [1.82, 2.24) is 5.32 Å². The van der Waals surface area contributed by atoms with Gasteiger partial charge in [-0.3, -0.25) is 0 Å². The number of carbonyl (C=O) groups excluding carboxylic acids is 1. The molecule has 0 amide bonds. The number of hydrogen-bond acceptors (Lipinski definition) is 4. The van der Waals surface area contributed by atoms with E-state index in [0.717, 1.165) is 36.8 Å². The summed E-state index contributed by atoms with van der Waals surface area (Å²) in [6.45, 7) is 7.80. The van der Waals surface area contributed by atoms with Gasteiger partial charge in [-0.1, -0.05) is 28.1 Å².